The minimum absolute atomic E-state index is 0.0149. The van der Waals surface area contributed by atoms with Crippen LogP contribution in [0.2, 0.25) is 0 Å². The summed E-state index contributed by atoms with van der Waals surface area (Å²) in [6, 6.07) is -1.54. The molecule has 3 fully saturated rings. The molecule has 19 N–H and O–H groups in total. The number of nitrogens with two attached hydrogens (primary N) is 2. The standard InChI is InChI=1S/C75H117N19O18S/c1-44(2)31-57(73(110)86-55(67(77)104)21-30-113-6)88-74(111)59(33-52-37-78-43-83-52)85-61(96)38-82-75(112)66(45(3)4)90-68(105)46(5)84-72(109)58(32-51-36-79-54-10-8-7-9-53(51)54)89-71(108)56(19-20-60(76)95)87-70(107)50-17-13-48(14-18-50)35-81-69(106)49-15-11-47(12-16-49)34-80-62(97)39-91-22-24-92(40-63(98)99)26-28-94(42-65(102)103)29-27-93(25-23-91)41-64(100)101/h7-10,36-37,43-50,55-59,66,79H,11-35,38-42H2,1-6H3,(H2,76,95)(H2,77,104)(H,78,83)(H,80,97)(H,81,106)(H,82,112)(H,84,109)(H,85,96)(H,86,110)(H,87,107)(H,88,111)(H,89,108)(H,90,105)(H,98,99)(H,100,101)(H,102,103)/t46-,47?,48?,49?,50?,55-,56-,57-,58-,59-,66-/m0/s1. The fourth-order valence-electron chi connectivity index (χ4n) is 14.1. The van der Waals surface area contributed by atoms with Gasteiger partial charge in [-0.2, -0.15) is 11.8 Å². The monoisotopic (exact) mass is 1600 g/mol. The molecule has 3 heterocycles. The summed E-state index contributed by atoms with van der Waals surface area (Å²) in [7, 11) is 0. The molecule has 2 aromatic heterocycles. The van der Waals surface area contributed by atoms with Crippen molar-refractivity contribution >= 4 is 111 Å². The molecule has 0 bridgehead atoms. The minimum atomic E-state index is -1.39. The van der Waals surface area contributed by atoms with Gasteiger partial charge in [0, 0.05) is 126 Å². The van der Waals surface area contributed by atoms with E-state index in [2.05, 4.69) is 68.1 Å². The van der Waals surface area contributed by atoms with Gasteiger partial charge in [-0.15, -0.1) is 0 Å². The molecule has 3 aliphatic rings. The van der Waals surface area contributed by atoms with Gasteiger partial charge in [-0.3, -0.25) is 91.5 Å². The van der Waals surface area contributed by atoms with Crippen molar-refractivity contribution in [2.75, 3.05) is 110 Å². The predicted molar refractivity (Wildman–Crippen MR) is 417 cm³/mol. The van der Waals surface area contributed by atoms with Crippen molar-refractivity contribution in [1.29, 1.82) is 0 Å². The third-order valence-corrected chi connectivity index (χ3v) is 21.3. The van der Waals surface area contributed by atoms with Gasteiger partial charge >= 0.3 is 17.9 Å². The summed E-state index contributed by atoms with van der Waals surface area (Å²) < 4.78 is 0. The van der Waals surface area contributed by atoms with E-state index >= 15 is 0 Å². The molecule has 0 spiro atoms. The van der Waals surface area contributed by atoms with Crippen molar-refractivity contribution in [3.8, 4) is 0 Å². The number of hydrogen-bond acceptors (Lipinski definition) is 21. The van der Waals surface area contributed by atoms with E-state index in [1.807, 2.05) is 43.2 Å². The Kier molecular flexibility index (Phi) is 38.3. The molecule has 626 valence electrons. The number of rotatable bonds is 43. The maximum Gasteiger partial charge on any atom is 0.317 e. The molecule has 7 atom stereocenters. The average molecular weight is 1600 g/mol. The first-order chi connectivity index (χ1) is 53.7. The van der Waals surface area contributed by atoms with Crippen LogP contribution in [-0.2, 0) is 84.8 Å². The van der Waals surface area contributed by atoms with Gasteiger partial charge in [0.15, 0.2) is 0 Å². The quantitative estimate of drug-likeness (QED) is 0.0284. The van der Waals surface area contributed by atoms with Crippen LogP contribution in [0.3, 0.4) is 0 Å². The van der Waals surface area contributed by atoms with Crippen LogP contribution < -0.4 is 64.6 Å². The molecule has 1 saturated heterocycles. The Labute approximate surface area is 661 Å². The first kappa shape index (κ1) is 92.1. The van der Waals surface area contributed by atoms with Crippen molar-refractivity contribution in [3.05, 3.63) is 54.2 Å². The second kappa shape index (κ2) is 47.0. The number of carboxylic acid groups (broad SMARTS) is 3. The van der Waals surface area contributed by atoms with Gasteiger partial charge in [-0.05, 0) is 125 Å². The highest BCUT2D eigenvalue weighted by Gasteiger charge is 2.37. The number of amides is 12. The normalized spacial score (nSPS) is 19.5. The van der Waals surface area contributed by atoms with Gasteiger partial charge in [0.2, 0.25) is 70.9 Å². The lowest BCUT2D eigenvalue weighted by atomic mass is 9.80. The summed E-state index contributed by atoms with van der Waals surface area (Å²) >= 11 is 1.46. The lowest BCUT2D eigenvalue weighted by molar-refractivity contribution is -0.140. The number of aromatic amines is 2. The Morgan fingerprint density at radius 2 is 1.03 bits per heavy atom. The van der Waals surface area contributed by atoms with Crippen LogP contribution in [0.5, 0.6) is 0 Å². The topological polar surface area (TPSA) is 547 Å². The number of hydrogen-bond donors (Lipinski definition) is 17. The molecule has 12 amide bonds. The van der Waals surface area contributed by atoms with Gasteiger partial charge in [0.05, 0.1) is 39.1 Å². The second-order valence-electron chi connectivity index (χ2n) is 30.5. The van der Waals surface area contributed by atoms with Crippen LogP contribution in [-0.4, -0.2) is 291 Å². The number of nitrogens with zero attached hydrogens (tertiary/aromatic N) is 5. The van der Waals surface area contributed by atoms with Crippen molar-refractivity contribution in [3.63, 3.8) is 0 Å². The molecule has 1 aromatic carbocycles. The molecule has 1 aliphatic heterocycles. The molecule has 3 aromatic rings. The van der Waals surface area contributed by atoms with Gasteiger partial charge in [-0.25, -0.2) is 4.98 Å². The summed E-state index contributed by atoms with van der Waals surface area (Å²) in [5.74, 6) is -11.7. The number of imidazole rings is 1. The molecule has 38 heteroatoms. The number of thioether (sulfide) groups is 1. The number of aliphatic carboxylic acids is 3. The molecule has 2 saturated carbocycles. The van der Waals surface area contributed by atoms with E-state index in [1.54, 1.807) is 40.8 Å². The number of carbonyl (C=O) groups excluding carboxylic acids is 12. The Balaban J connectivity index is 0.991. The van der Waals surface area contributed by atoms with Gasteiger partial charge in [0.25, 0.3) is 0 Å². The lowest BCUT2D eigenvalue weighted by Gasteiger charge is -2.33. The Morgan fingerprint density at radius 1 is 0.522 bits per heavy atom. The number of para-hydroxylation sites is 1. The first-order valence-corrected chi connectivity index (χ1v) is 40.2. The zero-order valence-electron chi connectivity index (χ0n) is 65.5. The van der Waals surface area contributed by atoms with E-state index in [9.17, 15) is 87.2 Å². The van der Waals surface area contributed by atoms with Crippen LogP contribution in [0.1, 0.15) is 123 Å². The van der Waals surface area contributed by atoms with Crippen LogP contribution in [0.4, 0.5) is 0 Å². The summed E-state index contributed by atoms with van der Waals surface area (Å²) in [6.07, 6.45) is 10.6. The van der Waals surface area contributed by atoms with Crippen molar-refractivity contribution in [1.82, 2.24) is 87.7 Å². The number of H-pyrrole nitrogens is 2. The molecule has 37 nitrogen and oxygen atoms in total. The second-order valence-corrected chi connectivity index (χ2v) is 31.5. The van der Waals surface area contributed by atoms with E-state index in [-0.39, 0.29) is 139 Å². The van der Waals surface area contributed by atoms with Crippen molar-refractivity contribution < 1.29 is 87.2 Å². The van der Waals surface area contributed by atoms with Gasteiger partial charge < -0.3 is 89.9 Å². The molecule has 2 aliphatic carbocycles. The maximum absolute atomic E-state index is 14.5. The predicted octanol–water partition coefficient (Wildman–Crippen LogP) is -2.27. The number of aromatic nitrogens is 3. The third kappa shape index (κ3) is 32.7. The van der Waals surface area contributed by atoms with E-state index in [1.165, 1.54) is 31.2 Å². The Bertz CT molecular complexity index is 3660. The Hall–Kier alpha value is -9.79. The molecule has 0 unspecified atom stereocenters. The smallest absolute Gasteiger partial charge is 0.317 e. The molecule has 0 radical (unpaired) electrons. The van der Waals surface area contributed by atoms with Gasteiger partial charge in [0.1, 0.15) is 42.3 Å². The molecule has 113 heavy (non-hydrogen) atoms. The van der Waals surface area contributed by atoms with Crippen LogP contribution in [0, 0.1) is 35.5 Å². The summed E-state index contributed by atoms with van der Waals surface area (Å²) in [5, 5.41) is 56.8. The van der Waals surface area contributed by atoms with Crippen LogP contribution in [0.25, 0.3) is 10.9 Å². The summed E-state index contributed by atoms with van der Waals surface area (Å²) in [5.41, 5.74) is 12.9. The van der Waals surface area contributed by atoms with Crippen molar-refractivity contribution in [2.45, 2.75) is 167 Å². The lowest BCUT2D eigenvalue weighted by Crippen LogP contribution is -2.59. The highest BCUT2D eigenvalue weighted by Crippen LogP contribution is 2.31. The van der Waals surface area contributed by atoms with E-state index < -0.39 is 138 Å². The zero-order valence-corrected chi connectivity index (χ0v) is 66.3. The van der Waals surface area contributed by atoms with Crippen LogP contribution >= 0.6 is 11.8 Å². The molecule has 6 rings (SSSR count). The fourth-order valence-corrected chi connectivity index (χ4v) is 14.6. The van der Waals surface area contributed by atoms with E-state index in [4.69, 9.17) is 11.5 Å². The van der Waals surface area contributed by atoms with E-state index in [0.29, 0.717) is 94.6 Å². The van der Waals surface area contributed by atoms with Gasteiger partial charge in [-0.1, -0.05) is 45.9 Å². The number of benzene rings is 1. The number of carboxylic acids is 3. The summed E-state index contributed by atoms with van der Waals surface area (Å²) in [6.45, 7) is 9.71. The first-order valence-electron chi connectivity index (χ1n) is 38.8. The highest BCUT2D eigenvalue weighted by molar-refractivity contribution is 7.98. The largest absolute Gasteiger partial charge is 0.480 e. The van der Waals surface area contributed by atoms with E-state index in [0.717, 1.165) is 10.9 Å². The number of carbonyl (C=O) groups is 15. The average Bonchev–Trinajstić information content (AvgIpc) is 1.71. The highest BCUT2D eigenvalue weighted by atomic mass is 32.2. The summed E-state index contributed by atoms with van der Waals surface area (Å²) in [4.78, 5) is 216. The minimum Gasteiger partial charge on any atom is -0.480 e. The zero-order chi connectivity index (χ0) is 82.8. The molecular weight excluding hydrogens is 1490 g/mol. The molecular formula is C75H117N19O18S. The number of nitrogens with one attached hydrogen (secondary N) is 12. The maximum atomic E-state index is 14.5. The SMILES string of the molecule is CSCC[C@H](NC(=O)[C@H](CC(C)C)NC(=O)[C@H](Cc1cnc[nH]1)NC(=O)CNC(=O)[C@@H](NC(=O)[C@H](C)NC(=O)[C@H](Cc1c[nH]c2ccccc12)NC(=O)[C@H](CCC(N)=O)NC(=O)C1CCC(CNC(=O)C2CCC(CNC(=O)CN3CCN(CC(=O)O)CCN(CC(=O)O)CCN(CC(=O)O)CC3)CC2)CC1)C(C)C)C(N)=O. The third-order valence-electron chi connectivity index (χ3n) is 20.7. The van der Waals surface area contributed by atoms with Crippen molar-refractivity contribution in [2.24, 2.45) is 47.0 Å². The fraction of sp³-hybridized carbons (Fsp3) is 0.653. The van der Waals surface area contributed by atoms with Crippen LogP contribution in [0.15, 0.2) is 43.0 Å². The Morgan fingerprint density at radius 3 is 1.55 bits per heavy atom. The number of fused-ring (bicyclic) bond motifs is 1. The number of primary amides is 2.